The molecule has 2 heterocycles. The lowest BCUT2D eigenvalue weighted by Crippen LogP contribution is -2.69. The van der Waals surface area contributed by atoms with E-state index in [4.69, 9.17) is 9.47 Å². The van der Waals surface area contributed by atoms with Crippen LogP contribution in [0.1, 0.15) is 115 Å². The summed E-state index contributed by atoms with van der Waals surface area (Å²) in [4.78, 5) is 30.8. The number of piperidine rings is 1. The van der Waals surface area contributed by atoms with E-state index in [0.717, 1.165) is 88.0 Å². The Morgan fingerprint density at radius 1 is 1.19 bits per heavy atom. The maximum atomic E-state index is 14.0. The van der Waals surface area contributed by atoms with Crippen molar-refractivity contribution < 1.29 is 24.2 Å². The summed E-state index contributed by atoms with van der Waals surface area (Å²) in [5.74, 6) is 2.15. The van der Waals surface area contributed by atoms with Gasteiger partial charge in [-0.05, 0) is 56.9 Å². The fraction of sp³-hybridized carbons (Fsp3) is 0.722. The Hall–Kier alpha value is -2.54. The van der Waals surface area contributed by atoms with E-state index in [1.807, 2.05) is 6.08 Å². The van der Waals surface area contributed by atoms with Gasteiger partial charge in [-0.15, -0.1) is 6.58 Å². The molecule has 236 valence electrons. The Labute approximate surface area is 258 Å². The first kappa shape index (κ1) is 30.5. The highest BCUT2D eigenvalue weighted by molar-refractivity contribution is 5.77. The maximum absolute atomic E-state index is 14.0. The van der Waals surface area contributed by atoms with Gasteiger partial charge in [-0.2, -0.15) is 0 Å². The van der Waals surface area contributed by atoms with Crippen LogP contribution in [0.25, 0.3) is 0 Å². The molecule has 3 fully saturated rings. The van der Waals surface area contributed by atoms with Crippen LogP contribution in [0.3, 0.4) is 0 Å². The molecule has 5 atom stereocenters. The summed E-state index contributed by atoms with van der Waals surface area (Å²) >= 11 is 0. The molecule has 1 spiro atoms. The van der Waals surface area contributed by atoms with Gasteiger partial charge in [-0.1, -0.05) is 64.4 Å². The summed E-state index contributed by atoms with van der Waals surface area (Å²) in [5, 5.41) is 11.3. The average Bonchev–Trinajstić information content (AvgIpc) is 3.34. The number of ether oxygens (including phenoxy) is 2. The van der Waals surface area contributed by atoms with Crippen molar-refractivity contribution in [3.63, 3.8) is 0 Å². The molecule has 0 radical (unpaired) electrons. The van der Waals surface area contributed by atoms with Crippen LogP contribution in [-0.2, 0) is 21.4 Å². The summed E-state index contributed by atoms with van der Waals surface area (Å²) < 4.78 is 12.6. The van der Waals surface area contributed by atoms with Crippen molar-refractivity contribution in [3.05, 3.63) is 29.8 Å². The second-order valence-electron chi connectivity index (χ2n) is 14.0. The highest BCUT2D eigenvalue weighted by Gasteiger charge is 2.67. The zero-order valence-corrected chi connectivity index (χ0v) is 26.5. The average molecular weight is 593 g/mol. The first-order valence-corrected chi connectivity index (χ1v) is 17.3. The van der Waals surface area contributed by atoms with Gasteiger partial charge in [-0.3, -0.25) is 14.5 Å². The SMILES string of the molecule is C=CCN1CC[C@]23c4c5c(O)cc(OC(C)=O)c4O[C@H]2[C@H](N(CCCC)C(=O)CCCCC2CCCCC2)CC[C@H]3[C@H]1C5. The number of rotatable bonds is 12. The number of hydrogen-bond donors (Lipinski definition) is 1. The number of phenolic OH excluding ortho intramolecular Hbond substituents is 1. The first-order chi connectivity index (χ1) is 20.9. The molecule has 3 aliphatic carbocycles. The Morgan fingerprint density at radius 3 is 2.74 bits per heavy atom. The topological polar surface area (TPSA) is 79.3 Å². The molecule has 2 saturated carbocycles. The number of hydrogen-bond acceptors (Lipinski definition) is 6. The third-order valence-corrected chi connectivity index (χ3v) is 11.6. The van der Waals surface area contributed by atoms with E-state index in [1.54, 1.807) is 6.07 Å². The number of carbonyl (C=O) groups is 2. The molecule has 1 N–H and O–H groups in total. The first-order valence-electron chi connectivity index (χ1n) is 17.3. The minimum atomic E-state index is -0.429. The third-order valence-electron chi connectivity index (χ3n) is 11.6. The van der Waals surface area contributed by atoms with Gasteiger partial charge in [0, 0.05) is 55.1 Å². The number of unbranched alkanes of at least 4 members (excludes halogenated alkanes) is 2. The quantitative estimate of drug-likeness (QED) is 0.126. The second kappa shape index (κ2) is 12.8. The van der Waals surface area contributed by atoms with Crippen molar-refractivity contribution in [2.24, 2.45) is 11.8 Å². The van der Waals surface area contributed by atoms with Gasteiger partial charge >= 0.3 is 5.97 Å². The molecular weight excluding hydrogens is 540 g/mol. The number of aromatic hydroxyl groups is 1. The summed E-state index contributed by atoms with van der Waals surface area (Å²) in [6.45, 7) is 10.1. The van der Waals surface area contributed by atoms with Gasteiger partial charge < -0.3 is 19.5 Å². The van der Waals surface area contributed by atoms with Crippen LogP contribution in [0.5, 0.6) is 17.2 Å². The molecule has 0 unspecified atom stereocenters. The van der Waals surface area contributed by atoms with E-state index >= 15 is 0 Å². The number of nitrogens with zero attached hydrogens (tertiary/aromatic N) is 2. The normalized spacial score (nSPS) is 29.4. The number of carbonyl (C=O) groups excluding carboxylic acids is 2. The Morgan fingerprint density at radius 2 is 2.00 bits per heavy atom. The molecule has 1 amide bonds. The summed E-state index contributed by atoms with van der Waals surface area (Å²) in [6.07, 6.45) is 18.1. The molecule has 1 saturated heterocycles. The molecule has 5 aliphatic rings. The molecule has 1 aromatic carbocycles. The van der Waals surface area contributed by atoms with Crippen LogP contribution in [-0.4, -0.2) is 64.6 Å². The van der Waals surface area contributed by atoms with Gasteiger partial charge in [0.25, 0.3) is 0 Å². The molecule has 43 heavy (non-hydrogen) atoms. The molecule has 7 heteroatoms. The molecule has 1 aromatic rings. The van der Waals surface area contributed by atoms with E-state index in [0.29, 0.717) is 23.8 Å². The molecule has 2 aliphatic heterocycles. The van der Waals surface area contributed by atoms with Crippen molar-refractivity contribution >= 4 is 11.9 Å². The molecule has 0 aromatic heterocycles. The Bertz CT molecular complexity index is 1210. The van der Waals surface area contributed by atoms with E-state index in [2.05, 4.69) is 23.3 Å². The van der Waals surface area contributed by atoms with E-state index in [1.165, 1.54) is 45.4 Å². The number of phenols is 1. The van der Waals surface area contributed by atoms with E-state index in [9.17, 15) is 14.7 Å². The lowest BCUT2D eigenvalue weighted by molar-refractivity contribution is -0.142. The van der Waals surface area contributed by atoms with Crippen LogP contribution in [0, 0.1) is 11.8 Å². The molecule has 6 rings (SSSR count). The van der Waals surface area contributed by atoms with Gasteiger partial charge in [-0.25, -0.2) is 0 Å². The monoisotopic (exact) mass is 592 g/mol. The molecule has 2 bridgehead atoms. The summed E-state index contributed by atoms with van der Waals surface area (Å²) in [5.41, 5.74) is 1.67. The lowest BCUT2D eigenvalue weighted by Gasteiger charge is -2.60. The summed E-state index contributed by atoms with van der Waals surface area (Å²) in [7, 11) is 0. The van der Waals surface area contributed by atoms with Gasteiger partial charge in [0.1, 0.15) is 11.9 Å². The van der Waals surface area contributed by atoms with Crippen molar-refractivity contribution in [3.8, 4) is 17.2 Å². The number of benzene rings is 1. The van der Waals surface area contributed by atoms with Crippen LogP contribution in [0.2, 0.25) is 0 Å². The minimum Gasteiger partial charge on any atom is -0.508 e. The minimum absolute atomic E-state index is 0.0362. The standard InChI is InChI=1S/C36H52N2O5/c1-4-6-20-38(32(41)15-11-10-14-25-12-8-7-9-13-25)28-17-16-27-29-22-26-30(40)23-31(42-24(3)39)34-33(26)36(27,35(28)43-34)18-21-37(29)19-5-2/h5,23,25,27-29,35,40H,2,4,6-22H2,1,3H3/t27-,28+,29+,35-,36-/m0/s1. The van der Waals surface area contributed by atoms with Gasteiger partial charge in [0.15, 0.2) is 11.5 Å². The van der Waals surface area contributed by atoms with Crippen molar-refractivity contribution in [2.45, 2.75) is 134 Å². The number of likely N-dealkylation sites (tertiary alicyclic amines) is 1. The third kappa shape index (κ3) is 5.49. The fourth-order valence-corrected chi connectivity index (χ4v) is 9.73. The van der Waals surface area contributed by atoms with Gasteiger partial charge in [0.2, 0.25) is 5.91 Å². The number of amides is 1. The van der Waals surface area contributed by atoms with Gasteiger partial charge in [0.05, 0.1) is 6.04 Å². The van der Waals surface area contributed by atoms with Crippen molar-refractivity contribution in [1.82, 2.24) is 9.80 Å². The second-order valence-corrected chi connectivity index (χ2v) is 14.0. The van der Waals surface area contributed by atoms with E-state index in [-0.39, 0.29) is 35.3 Å². The van der Waals surface area contributed by atoms with Crippen LogP contribution < -0.4 is 9.47 Å². The highest BCUT2D eigenvalue weighted by atomic mass is 16.6. The van der Waals surface area contributed by atoms with Crippen LogP contribution in [0.15, 0.2) is 18.7 Å². The number of esters is 1. The zero-order chi connectivity index (χ0) is 30.1. The largest absolute Gasteiger partial charge is 0.508 e. The smallest absolute Gasteiger partial charge is 0.308 e. The summed E-state index contributed by atoms with van der Waals surface area (Å²) in [6, 6.07) is 1.81. The van der Waals surface area contributed by atoms with Crippen molar-refractivity contribution in [2.75, 3.05) is 19.6 Å². The molecule has 7 nitrogen and oxygen atoms in total. The predicted octanol–water partition coefficient (Wildman–Crippen LogP) is 6.68. The fourth-order valence-electron chi connectivity index (χ4n) is 9.73. The highest BCUT2D eigenvalue weighted by Crippen LogP contribution is 2.65. The van der Waals surface area contributed by atoms with E-state index < -0.39 is 5.97 Å². The van der Waals surface area contributed by atoms with Crippen LogP contribution >= 0.6 is 0 Å². The predicted molar refractivity (Wildman–Crippen MR) is 168 cm³/mol. The lowest BCUT2D eigenvalue weighted by atomic mass is 9.50. The van der Waals surface area contributed by atoms with Crippen molar-refractivity contribution in [1.29, 1.82) is 0 Å². The Kier molecular flexibility index (Phi) is 9.09. The molecular formula is C36H52N2O5. The zero-order valence-electron chi connectivity index (χ0n) is 26.5. The van der Waals surface area contributed by atoms with Crippen LogP contribution in [0.4, 0.5) is 0 Å². The Balaban J connectivity index is 1.30. The maximum Gasteiger partial charge on any atom is 0.308 e.